The van der Waals surface area contributed by atoms with Crippen LogP contribution < -0.4 is 15.7 Å². The number of benzene rings is 3. The van der Waals surface area contributed by atoms with Gasteiger partial charge in [-0.15, -0.1) is 0 Å². The average molecular weight is 586 g/mol. The number of nitrogens with zero attached hydrogens (tertiary/aromatic N) is 2. The first-order chi connectivity index (χ1) is 19.3. The topological polar surface area (TPSA) is 91.6 Å². The van der Waals surface area contributed by atoms with Gasteiger partial charge in [-0.2, -0.15) is 0 Å². The Morgan fingerprint density at radius 2 is 1.73 bits per heavy atom. The lowest BCUT2D eigenvalue weighted by molar-refractivity contribution is -0.138. The summed E-state index contributed by atoms with van der Waals surface area (Å²) >= 11 is 12.5. The molecule has 0 unspecified atom stereocenters. The van der Waals surface area contributed by atoms with Crippen LogP contribution in [0.15, 0.2) is 65.5 Å². The lowest BCUT2D eigenvalue weighted by Gasteiger charge is -2.23. The van der Waals surface area contributed by atoms with E-state index in [0.717, 1.165) is 24.4 Å². The fourth-order valence-corrected chi connectivity index (χ4v) is 5.28. The van der Waals surface area contributed by atoms with Crippen molar-refractivity contribution in [1.29, 1.82) is 0 Å². The highest BCUT2D eigenvalue weighted by atomic mass is 35.5. The van der Waals surface area contributed by atoms with Crippen LogP contribution in [0.3, 0.4) is 0 Å². The summed E-state index contributed by atoms with van der Waals surface area (Å²) in [5.41, 5.74) is 1.42. The smallest absolute Gasteiger partial charge is 0.334 e. The fraction of sp³-hybridized carbons (Fsp3) is 0.276. The molecular weight excluding hydrogens is 560 g/mol. The molecule has 1 aliphatic rings. The Bertz CT molecular complexity index is 1610. The Labute approximate surface area is 239 Å². The Morgan fingerprint density at radius 1 is 1.05 bits per heavy atom. The molecule has 208 valence electrons. The molecule has 0 bridgehead atoms. The molecule has 1 fully saturated rings. The van der Waals surface area contributed by atoms with Crippen molar-refractivity contribution in [3.05, 3.63) is 92.6 Å². The van der Waals surface area contributed by atoms with Crippen molar-refractivity contribution in [3.63, 3.8) is 0 Å². The first-order valence-electron chi connectivity index (χ1n) is 12.8. The predicted molar refractivity (Wildman–Crippen MR) is 150 cm³/mol. The van der Waals surface area contributed by atoms with Crippen LogP contribution in [-0.4, -0.2) is 40.8 Å². The first kappa shape index (κ1) is 27.9. The zero-order chi connectivity index (χ0) is 28.4. The van der Waals surface area contributed by atoms with Crippen molar-refractivity contribution >= 4 is 46.1 Å². The van der Waals surface area contributed by atoms with Crippen LogP contribution >= 0.6 is 23.2 Å². The Kier molecular flexibility index (Phi) is 8.25. The lowest BCUT2D eigenvalue weighted by atomic mass is 10.1. The number of aromatic nitrogens is 2. The van der Waals surface area contributed by atoms with Crippen LogP contribution in [0.4, 0.5) is 4.39 Å². The summed E-state index contributed by atoms with van der Waals surface area (Å²) in [6, 6.07) is 15.9. The maximum absolute atomic E-state index is 14.0. The number of para-hydroxylation sites is 1. The van der Waals surface area contributed by atoms with Gasteiger partial charge in [-0.05, 0) is 61.4 Å². The van der Waals surface area contributed by atoms with E-state index in [9.17, 15) is 18.8 Å². The average Bonchev–Trinajstić information content (AvgIpc) is 3.25. The van der Waals surface area contributed by atoms with Gasteiger partial charge in [0.25, 0.3) is 5.91 Å². The molecular formula is C29H26Cl2FN3O5. The molecule has 1 N–H and O–H groups in total. The third kappa shape index (κ3) is 5.50. The number of halogens is 3. The number of hydrogen-bond acceptors (Lipinski definition) is 5. The number of amides is 1. The van der Waals surface area contributed by atoms with Crippen LogP contribution in [0, 0.1) is 11.7 Å². The molecule has 0 saturated carbocycles. The molecule has 1 aliphatic heterocycles. The van der Waals surface area contributed by atoms with Crippen molar-refractivity contribution < 1.29 is 23.5 Å². The van der Waals surface area contributed by atoms with E-state index in [0.29, 0.717) is 29.4 Å². The minimum atomic E-state index is -0.753. The van der Waals surface area contributed by atoms with Crippen LogP contribution in [0.1, 0.15) is 36.2 Å². The molecule has 8 nitrogen and oxygen atoms in total. The van der Waals surface area contributed by atoms with Gasteiger partial charge in [-0.1, -0.05) is 42.3 Å². The maximum atomic E-state index is 14.0. The van der Waals surface area contributed by atoms with Crippen LogP contribution in [-0.2, 0) is 9.53 Å². The molecule has 2 heterocycles. The van der Waals surface area contributed by atoms with Gasteiger partial charge < -0.3 is 14.8 Å². The van der Waals surface area contributed by atoms with Gasteiger partial charge in [0.2, 0.25) is 0 Å². The van der Waals surface area contributed by atoms with Gasteiger partial charge in [0.1, 0.15) is 11.6 Å². The van der Waals surface area contributed by atoms with Gasteiger partial charge in [-0.3, -0.25) is 18.7 Å². The van der Waals surface area contributed by atoms with E-state index in [-0.39, 0.29) is 34.6 Å². The zero-order valence-corrected chi connectivity index (χ0v) is 23.0. The second-order valence-electron chi connectivity index (χ2n) is 9.56. The number of fused-ring (bicyclic) bond motifs is 1. The lowest BCUT2D eigenvalue weighted by Crippen LogP contribution is -2.34. The molecule has 0 radical (unpaired) electrons. The largest absolute Gasteiger partial charge is 0.426 e. The van der Waals surface area contributed by atoms with E-state index in [1.807, 2.05) is 12.1 Å². The van der Waals surface area contributed by atoms with E-state index in [1.54, 1.807) is 46.4 Å². The minimum Gasteiger partial charge on any atom is -0.426 e. The van der Waals surface area contributed by atoms with Gasteiger partial charge in [-0.25, -0.2) is 9.18 Å². The van der Waals surface area contributed by atoms with E-state index in [2.05, 4.69) is 5.32 Å². The zero-order valence-electron chi connectivity index (χ0n) is 21.5. The maximum Gasteiger partial charge on any atom is 0.334 e. The van der Waals surface area contributed by atoms with Crippen molar-refractivity contribution in [2.75, 3.05) is 19.8 Å². The Morgan fingerprint density at radius 3 is 2.42 bits per heavy atom. The second-order valence-corrected chi connectivity index (χ2v) is 10.4. The molecule has 1 amide bonds. The molecule has 1 aromatic heterocycles. The van der Waals surface area contributed by atoms with Gasteiger partial charge in [0.15, 0.2) is 0 Å². The Hall–Kier alpha value is -3.66. The third-order valence-electron chi connectivity index (χ3n) is 6.88. The summed E-state index contributed by atoms with van der Waals surface area (Å²) in [6.07, 6.45) is 1.46. The van der Waals surface area contributed by atoms with Crippen LogP contribution in [0.5, 0.6) is 5.75 Å². The normalized spacial score (nSPS) is 14.7. The number of nitrogens with one attached hydrogen (secondary N) is 1. The van der Waals surface area contributed by atoms with Gasteiger partial charge >= 0.3 is 11.7 Å². The summed E-state index contributed by atoms with van der Waals surface area (Å²) in [7, 11) is 0. The van der Waals surface area contributed by atoms with Crippen LogP contribution in [0.25, 0.3) is 16.7 Å². The summed E-state index contributed by atoms with van der Waals surface area (Å²) in [6.45, 7) is 2.67. The van der Waals surface area contributed by atoms with E-state index >= 15 is 0 Å². The number of carbonyl (C=O) groups excluding carboxylic acids is 2. The van der Waals surface area contributed by atoms with Crippen molar-refractivity contribution in [2.45, 2.75) is 25.8 Å². The minimum absolute atomic E-state index is 0.0000765. The van der Waals surface area contributed by atoms with Gasteiger partial charge in [0, 0.05) is 25.8 Å². The number of rotatable bonds is 7. The standard InChI is InChI=1S/C29H26Cl2FN3O5/c1-17(16-33-27(36)25-21(30)4-2-6-23(25)32)28(37)40-20-10-8-18(9-11-20)35-26-22(31)5-3-7-24(26)34(29(35)38)19-12-14-39-15-13-19/h2-11,17,19H,12-16H2,1H3,(H,33,36)/t17-/m0/s1. The molecule has 40 heavy (non-hydrogen) atoms. The van der Waals surface area contributed by atoms with E-state index in [4.69, 9.17) is 32.7 Å². The molecule has 11 heteroatoms. The highest BCUT2D eigenvalue weighted by Crippen LogP contribution is 2.30. The fourth-order valence-electron chi connectivity index (χ4n) is 4.77. The summed E-state index contributed by atoms with van der Waals surface area (Å²) < 4.78 is 28.3. The number of ether oxygens (including phenoxy) is 2. The van der Waals surface area contributed by atoms with Gasteiger partial charge in [0.05, 0.1) is 38.2 Å². The molecule has 1 atom stereocenters. The van der Waals surface area contributed by atoms with E-state index < -0.39 is 23.6 Å². The molecule has 0 spiro atoms. The summed E-state index contributed by atoms with van der Waals surface area (Å²) in [4.78, 5) is 38.6. The monoisotopic (exact) mass is 585 g/mol. The van der Waals surface area contributed by atoms with Crippen molar-refractivity contribution in [3.8, 4) is 11.4 Å². The van der Waals surface area contributed by atoms with E-state index in [1.165, 1.54) is 12.1 Å². The second kappa shape index (κ2) is 11.8. The number of esters is 1. The molecule has 3 aromatic carbocycles. The number of imidazole rings is 1. The molecule has 0 aliphatic carbocycles. The predicted octanol–water partition coefficient (Wildman–Crippen LogP) is 5.56. The summed E-state index contributed by atoms with van der Waals surface area (Å²) in [5.74, 6) is -2.54. The SMILES string of the molecule is C[C@@H](CNC(=O)c1c(F)cccc1Cl)C(=O)Oc1ccc(-n2c(=O)n(C3CCOCC3)c3cccc(Cl)c32)cc1. The molecule has 5 rings (SSSR count). The third-order valence-corrected chi connectivity index (χ3v) is 7.50. The Balaban J connectivity index is 1.31. The van der Waals surface area contributed by atoms with Crippen molar-refractivity contribution in [1.82, 2.24) is 14.5 Å². The first-order valence-corrected chi connectivity index (χ1v) is 13.6. The van der Waals surface area contributed by atoms with Crippen LogP contribution in [0.2, 0.25) is 10.0 Å². The highest BCUT2D eigenvalue weighted by molar-refractivity contribution is 6.35. The van der Waals surface area contributed by atoms with Crippen molar-refractivity contribution in [2.24, 2.45) is 5.92 Å². The summed E-state index contributed by atoms with van der Waals surface area (Å²) in [5, 5.41) is 2.93. The number of hydrogen-bond donors (Lipinski definition) is 1. The number of carbonyl (C=O) groups is 2. The highest BCUT2D eigenvalue weighted by Gasteiger charge is 2.25. The molecule has 4 aromatic rings. The quantitative estimate of drug-likeness (QED) is 0.226. The molecule has 1 saturated heterocycles.